The minimum absolute atomic E-state index is 0.0296. The number of aliphatic hydroxyl groups excluding tert-OH is 1. The first-order chi connectivity index (χ1) is 9.08. The lowest BCUT2D eigenvalue weighted by atomic mass is 10.1. The molecule has 4 nitrogen and oxygen atoms in total. The van der Waals surface area contributed by atoms with Crippen LogP contribution in [0.1, 0.15) is 38.4 Å². The molecule has 0 unspecified atom stereocenters. The summed E-state index contributed by atoms with van der Waals surface area (Å²) in [5.41, 5.74) is 1.88. The van der Waals surface area contributed by atoms with Crippen LogP contribution < -0.4 is 10.2 Å². The maximum Gasteiger partial charge on any atom is 0.239 e. The lowest BCUT2D eigenvalue weighted by molar-refractivity contribution is -0.119. The monoisotopic (exact) mass is 264 g/mol. The summed E-state index contributed by atoms with van der Waals surface area (Å²) in [4.78, 5) is 13.5. The van der Waals surface area contributed by atoms with Crippen molar-refractivity contribution >= 4 is 11.6 Å². The van der Waals surface area contributed by atoms with Gasteiger partial charge in [0.2, 0.25) is 5.91 Å². The van der Waals surface area contributed by atoms with E-state index in [2.05, 4.69) is 5.32 Å². The summed E-state index contributed by atoms with van der Waals surface area (Å²) in [6.45, 7) is 5.04. The van der Waals surface area contributed by atoms with E-state index in [1.54, 1.807) is 0 Å². The highest BCUT2D eigenvalue weighted by atomic mass is 16.3. The van der Waals surface area contributed by atoms with Crippen molar-refractivity contribution in [3.05, 3.63) is 29.8 Å². The molecule has 1 rings (SSSR count). The number of benzene rings is 1. The van der Waals surface area contributed by atoms with Crippen LogP contribution >= 0.6 is 0 Å². The maximum atomic E-state index is 11.6. The number of likely N-dealkylation sites (N-methyl/N-ethyl adjacent to an activating group) is 1. The van der Waals surface area contributed by atoms with Gasteiger partial charge in [0.05, 0.1) is 12.6 Å². The summed E-state index contributed by atoms with van der Waals surface area (Å²) in [6.07, 6.45) is 1.24. The third-order valence-corrected chi connectivity index (χ3v) is 3.06. The SMILES string of the molecule is CCCNC(=O)CN(C)c1ccc([C@@H](O)CC)cc1. The second-order valence-corrected chi connectivity index (χ2v) is 4.72. The van der Waals surface area contributed by atoms with Gasteiger partial charge in [-0.05, 0) is 30.5 Å². The molecule has 106 valence electrons. The van der Waals surface area contributed by atoms with E-state index in [0.29, 0.717) is 19.5 Å². The van der Waals surface area contributed by atoms with Crippen molar-refractivity contribution in [2.75, 3.05) is 25.0 Å². The van der Waals surface area contributed by atoms with Gasteiger partial charge < -0.3 is 15.3 Å². The Morgan fingerprint density at radius 3 is 2.47 bits per heavy atom. The molecule has 19 heavy (non-hydrogen) atoms. The van der Waals surface area contributed by atoms with Gasteiger partial charge in [0.1, 0.15) is 0 Å². The molecule has 0 aliphatic carbocycles. The lowest BCUT2D eigenvalue weighted by Gasteiger charge is -2.19. The fraction of sp³-hybridized carbons (Fsp3) is 0.533. The van der Waals surface area contributed by atoms with Crippen LogP contribution in [0.5, 0.6) is 0 Å². The third-order valence-electron chi connectivity index (χ3n) is 3.06. The van der Waals surface area contributed by atoms with Gasteiger partial charge in [0.25, 0.3) is 0 Å². The average Bonchev–Trinajstić information content (AvgIpc) is 2.44. The Labute approximate surface area is 115 Å². The highest BCUT2D eigenvalue weighted by molar-refractivity contribution is 5.81. The number of aliphatic hydroxyl groups is 1. The van der Waals surface area contributed by atoms with Gasteiger partial charge in [-0.1, -0.05) is 26.0 Å². The van der Waals surface area contributed by atoms with E-state index in [1.807, 2.05) is 50.1 Å². The fourth-order valence-corrected chi connectivity index (χ4v) is 1.81. The van der Waals surface area contributed by atoms with Gasteiger partial charge in [-0.3, -0.25) is 4.79 Å². The number of nitrogens with one attached hydrogen (secondary N) is 1. The molecule has 0 heterocycles. The van der Waals surface area contributed by atoms with E-state index >= 15 is 0 Å². The molecule has 0 aliphatic heterocycles. The van der Waals surface area contributed by atoms with Crippen LogP contribution in [0.4, 0.5) is 5.69 Å². The highest BCUT2D eigenvalue weighted by Crippen LogP contribution is 2.20. The van der Waals surface area contributed by atoms with Crippen LogP contribution in [0.15, 0.2) is 24.3 Å². The fourth-order valence-electron chi connectivity index (χ4n) is 1.81. The van der Waals surface area contributed by atoms with Gasteiger partial charge in [-0.15, -0.1) is 0 Å². The number of rotatable bonds is 7. The molecular weight excluding hydrogens is 240 g/mol. The van der Waals surface area contributed by atoms with Crippen LogP contribution in [0.3, 0.4) is 0 Å². The number of carbonyl (C=O) groups excluding carboxylic acids is 1. The molecular formula is C15H24N2O2. The zero-order chi connectivity index (χ0) is 14.3. The number of hydrogen-bond donors (Lipinski definition) is 2. The summed E-state index contributed by atoms with van der Waals surface area (Å²) in [6, 6.07) is 7.68. The van der Waals surface area contributed by atoms with Crippen LogP contribution in [-0.4, -0.2) is 31.2 Å². The molecule has 1 atom stereocenters. The van der Waals surface area contributed by atoms with Crippen molar-refractivity contribution < 1.29 is 9.90 Å². The number of nitrogens with zero attached hydrogens (tertiary/aromatic N) is 1. The van der Waals surface area contributed by atoms with Crippen molar-refractivity contribution in [1.29, 1.82) is 0 Å². The number of amides is 1. The van der Waals surface area contributed by atoms with E-state index in [1.165, 1.54) is 0 Å². The standard InChI is InChI=1S/C15H24N2O2/c1-4-10-16-15(19)11-17(3)13-8-6-12(7-9-13)14(18)5-2/h6-9,14,18H,4-5,10-11H2,1-3H3,(H,16,19)/t14-/m0/s1. The smallest absolute Gasteiger partial charge is 0.239 e. The Bertz CT molecular complexity index is 390. The van der Waals surface area contributed by atoms with E-state index < -0.39 is 6.10 Å². The van der Waals surface area contributed by atoms with E-state index in [4.69, 9.17) is 0 Å². The van der Waals surface area contributed by atoms with Crippen molar-refractivity contribution in [2.24, 2.45) is 0 Å². The molecule has 0 bridgehead atoms. The van der Waals surface area contributed by atoms with Crippen molar-refractivity contribution in [1.82, 2.24) is 5.32 Å². The van der Waals surface area contributed by atoms with E-state index in [-0.39, 0.29) is 5.91 Å². The molecule has 0 radical (unpaired) electrons. The zero-order valence-electron chi connectivity index (χ0n) is 12.0. The summed E-state index contributed by atoms with van der Waals surface area (Å²) >= 11 is 0. The molecule has 4 heteroatoms. The molecule has 0 saturated carbocycles. The molecule has 2 N–H and O–H groups in total. The first-order valence-corrected chi connectivity index (χ1v) is 6.84. The summed E-state index contributed by atoms with van der Waals surface area (Å²) in [5.74, 6) is 0.0296. The Morgan fingerprint density at radius 1 is 1.32 bits per heavy atom. The van der Waals surface area contributed by atoms with Crippen LogP contribution in [-0.2, 0) is 4.79 Å². The largest absolute Gasteiger partial charge is 0.388 e. The molecule has 1 aromatic carbocycles. The van der Waals surface area contributed by atoms with Gasteiger partial charge in [-0.25, -0.2) is 0 Å². The quantitative estimate of drug-likeness (QED) is 0.793. The molecule has 0 aromatic heterocycles. The Kier molecular flexibility index (Phi) is 6.36. The Balaban J connectivity index is 2.57. The molecule has 0 spiro atoms. The molecule has 0 saturated heterocycles. The Morgan fingerprint density at radius 2 is 1.95 bits per heavy atom. The van der Waals surface area contributed by atoms with E-state index in [9.17, 15) is 9.90 Å². The predicted octanol–water partition coefficient (Wildman–Crippen LogP) is 2.09. The zero-order valence-corrected chi connectivity index (χ0v) is 12.0. The molecule has 0 aliphatic rings. The summed E-state index contributed by atoms with van der Waals surface area (Å²) in [5, 5.41) is 12.6. The van der Waals surface area contributed by atoms with Crippen molar-refractivity contribution in [3.8, 4) is 0 Å². The number of anilines is 1. The minimum Gasteiger partial charge on any atom is -0.388 e. The molecule has 0 fully saturated rings. The third kappa shape index (κ3) is 4.91. The summed E-state index contributed by atoms with van der Waals surface area (Å²) < 4.78 is 0. The number of carbonyl (C=O) groups is 1. The van der Waals surface area contributed by atoms with Crippen LogP contribution in [0.25, 0.3) is 0 Å². The minimum atomic E-state index is -0.410. The molecule has 1 aromatic rings. The summed E-state index contributed by atoms with van der Waals surface area (Å²) in [7, 11) is 1.89. The van der Waals surface area contributed by atoms with Crippen molar-refractivity contribution in [2.45, 2.75) is 32.8 Å². The Hall–Kier alpha value is -1.55. The van der Waals surface area contributed by atoms with E-state index in [0.717, 1.165) is 17.7 Å². The lowest BCUT2D eigenvalue weighted by Crippen LogP contribution is -2.35. The highest BCUT2D eigenvalue weighted by Gasteiger charge is 2.08. The van der Waals surface area contributed by atoms with Gasteiger partial charge in [0, 0.05) is 19.3 Å². The second-order valence-electron chi connectivity index (χ2n) is 4.72. The van der Waals surface area contributed by atoms with Gasteiger partial charge in [-0.2, -0.15) is 0 Å². The van der Waals surface area contributed by atoms with Gasteiger partial charge in [0.15, 0.2) is 0 Å². The maximum absolute atomic E-state index is 11.6. The van der Waals surface area contributed by atoms with Crippen LogP contribution in [0, 0.1) is 0 Å². The second kappa shape index (κ2) is 7.79. The average molecular weight is 264 g/mol. The van der Waals surface area contributed by atoms with Crippen LogP contribution in [0.2, 0.25) is 0 Å². The first-order valence-electron chi connectivity index (χ1n) is 6.84. The topological polar surface area (TPSA) is 52.6 Å². The normalized spacial score (nSPS) is 12.0. The molecule has 1 amide bonds. The van der Waals surface area contributed by atoms with Gasteiger partial charge >= 0.3 is 0 Å². The number of hydrogen-bond acceptors (Lipinski definition) is 3. The first kappa shape index (κ1) is 15.5. The van der Waals surface area contributed by atoms with Crippen molar-refractivity contribution in [3.63, 3.8) is 0 Å². The predicted molar refractivity (Wildman–Crippen MR) is 78.3 cm³/mol.